The molecule has 1 saturated heterocycles. The molecule has 3 rings (SSSR count). The van der Waals surface area contributed by atoms with Crippen LogP contribution in [0.4, 0.5) is 0 Å². The maximum atomic E-state index is 12.2. The number of nitrogens with zero attached hydrogens (tertiary/aromatic N) is 2. The number of furan rings is 1. The van der Waals surface area contributed by atoms with Crippen LogP contribution in [0, 0.1) is 0 Å². The third kappa shape index (κ3) is 2.01. The standard InChI is InChI=1S/C14H14N2O2/c17-14(12-4-1-2-7-15-12)16-8-6-11(10-16)13-5-3-9-18-13/h1-5,7,9,11H,6,8,10H2. The Hall–Kier alpha value is -2.10. The van der Waals surface area contributed by atoms with Crippen molar-refractivity contribution in [1.29, 1.82) is 0 Å². The van der Waals surface area contributed by atoms with E-state index >= 15 is 0 Å². The first-order valence-electron chi connectivity index (χ1n) is 6.08. The van der Waals surface area contributed by atoms with Gasteiger partial charge in [0.05, 0.1) is 6.26 Å². The van der Waals surface area contributed by atoms with E-state index < -0.39 is 0 Å². The van der Waals surface area contributed by atoms with E-state index in [2.05, 4.69) is 4.98 Å². The quantitative estimate of drug-likeness (QED) is 0.811. The molecule has 0 spiro atoms. The van der Waals surface area contributed by atoms with Crippen molar-refractivity contribution in [3.8, 4) is 0 Å². The summed E-state index contributed by atoms with van der Waals surface area (Å²) in [6.45, 7) is 1.48. The summed E-state index contributed by atoms with van der Waals surface area (Å²) in [6, 6.07) is 9.26. The number of amides is 1. The lowest BCUT2D eigenvalue weighted by Crippen LogP contribution is -2.29. The summed E-state index contributed by atoms with van der Waals surface area (Å²) >= 11 is 0. The zero-order chi connectivity index (χ0) is 12.4. The van der Waals surface area contributed by atoms with E-state index in [0.29, 0.717) is 18.2 Å². The molecule has 3 heterocycles. The van der Waals surface area contributed by atoms with Crippen molar-refractivity contribution in [1.82, 2.24) is 9.88 Å². The minimum Gasteiger partial charge on any atom is -0.469 e. The molecule has 1 atom stereocenters. The predicted molar refractivity (Wildman–Crippen MR) is 66.2 cm³/mol. The molecule has 2 aromatic rings. The maximum absolute atomic E-state index is 12.2. The zero-order valence-electron chi connectivity index (χ0n) is 9.95. The van der Waals surface area contributed by atoms with Crippen molar-refractivity contribution in [2.24, 2.45) is 0 Å². The van der Waals surface area contributed by atoms with Gasteiger partial charge in [-0.15, -0.1) is 0 Å². The highest BCUT2D eigenvalue weighted by Crippen LogP contribution is 2.28. The number of carbonyl (C=O) groups is 1. The van der Waals surface area contributed by atoms with Gasteiger partial charge >= 0.3 is 0 Å². The average Bonchev–Trinajstić information content (AvgIpc) is 3.09. The fraction of sp³-hybridized carbons (Fsp3) is 0.286. The molecule has 0 radical (unpaired) electrons. The molecule has 1 aliphatic rings. The molecule has 0 aromatic carbocycles. The molecule has 0 N–H and O–H groups in total. The van der Waals surface area contributed by atoms with Crippen molar-refractivity contribution in [2.45, 2.75) is 12.3 Å². The molecule has 4 nitrogen and oxygen atoms in total. The van der Waals surface area contributed by atoms with Crippen LogP contribution in [0.25, 0.3) is 0 Å². The first-order chi connectivity index (χ1) is 8.84. The number of hydrogen-bond donors (Lipinski definition) is 0. The largest absolute Gasteiger partial charge is 0.469 e. The van der Waals surface area contributed by atoms with E-state index in [1.54, 1.807) is 18.5 Å². The fourth-order valence-corrected chi connectivity index (χ4v) is 2.35. The molecule has 2 aromatic heterocycles. The van der Waals surface area contributed by atoms with Gasteiger partial charge in [0.2, 0.25) is 0 Å². The van der Waals surface area contributed by atoms with Gasteiger partial charge in [0.1, 0.15) is 11.5 Å². The van der Waals surface area contributed by atoms with Gasteiger partial charge in [0.25, 0.3) is 5.91 Å². The van der Waals surface area contributed by atoms with Crippen LogP contribution in [0.2, 0.25) is 0 Å². The highest BCUT2D eigenvalue weighted by molar-refractivity contribution is 5.92. The molecular weight excluding hydrogens is 228 g/mol. The van der Waals surface area contributed by atoms with E-state index in [9.17, 15) is 4.79 Å². The Kier molecular flexibility index (Phi) is 2.84. The number of aromatic nitrogens is 1. The second-order valence-electron chi connectivity index (χ2n) is 4.47. The fourth-order valence-electron chi connectivity index (χ4n) is 2.35. The molecule has 1 fully saturated rings. The van der Waals surface area contributed by atoms with Crippen molar-refractivity contribution in [2.75, 3.05) is 13.1 Å². The SMILES string of the molecule is O=C(c1ccccn1)N1CCC(c2ccco2)C1. The maximum Gasteiger partial charge on any atom is 0.272 e. The smallest absolute Gasteiger partial charge is 0.272 e. The van der Waals surface area contributed by atoms with Gasteiger partial charge in [-0.25, -0.2) is 0 Å². The van der Waals surface area contributed by atoms with Crippen LogP contribution in [0.3, 0.4) is 0 Å². The Labute approximate surface area is 105 Å². The molecule has 0 aliphatic carbocycles. The van der Waals surface area contributed by atoms with Gasteiger partial charge in [0.15, 0.2) is 0 Å². The number of rotatable bonds is 2. The average molecular weight is 242 g/mol. The number of pyridine rings is 1. The van der Waals surface area contributed by atoms with E-state index in [-0.39, 0.29) is 5.91 Å². The Morgan fingerprint density at radius 1 is 1.33 bits per heavy atom. The van der Waals surface area contributed by atoms with E-state index in [0.717, 1.165) is 18.7 Å². The summed E-state index contributed by atoms with van der Waals surface area (Å²) in [6.07, 6.45) is 4.28. The summed E-state index contributed by atoms with van der Waals surface area (Å²) in [7, 11) is 0. The van der Waals surface area contributed by atoms with E-state index in [4.69, 9.17) is 4.42 Å². The highest BCUT2D eigenvalue weighted by Gasteiger charge is 2.29. The van der Waals surface area contributed by atoms with E-state index in [1.165, 1.54) is 0 Å². The first kappa shape index (κ1) is 11.0. The van der Waals surface area contributed by atoms with Crippen LogP contribution >= 0.6 is 0 Å². The summed E-state index contributed by atoms with van der Waals surface area (Å²) in [5, 5.41) is 0. The molecule has 1 unspecified atom stereocenters. The Bertz CT molecular complexity index is 522. The van der Waals surface area contributed by atoms with Gasteiger partial charge in [-0.1, -0.05) is 6.07 Å². The van der Waals surface area contributed by atoms with Crippen molar-refractivity contribution in [3.63, 3.8) is 0 Å². The molecule has 0 saturated carbocycles. The van der Waals surface area contributed by atoms with Crippen molar-refractivity contribution in [3.05, 3.63) is 54.2 Å². The summed E-state index contributed by atoms with van der Waals surface area (Å²) in [5.74, 6) is 1.28. The minimum atomic E-state index is 0.00431. The summed E-state index contributed by atoms with van der Waals surface area (Å²) in [4.78, 5) is 18.1. The number of carbonyl (C=O) groups excluding carboxylic acids is 1. The lowest BCUT2D eigenvalue weighted by molar-refractivity contribution is 0.0784. The zero-order valence-corrected chi connectivity index (χ0v) is 9.95. The van der Waals surface area contributed by atoms with Gasteiger partial charge in [-0.2, -0.15) is 0 Å². The summed E-state index contributed by atoms with van der Waals surface area (Å²) in [5.41, 5.74) is 0.512. The van der Waals surface area contributed by atoms with Gasteiger partial charge in [0, 0.05) is 25.2 Å². The molecule has 18 heavy (non-hydrogen) atoms. The third-order valence-electron chi connectivity index (χ3n) is 3.31. The van der Waals surface area contributed by atoms with Crippen LogP contribution in [0.5, 0.6) is 0 Å². The Morgan fingerprint density at radius 2 is 2.28 bits per heavy atom. The first-order valence-corrected chi connectivity index (χ1v) is 6.08. The van der Waals surface area contributed by atoms with Crippen LogP contribution < -0.4 is 0 Å². The molecule has 1 amide bonds. The van der Waals surface area contributed by atoms with Crippen molar-refractivity contribution < 1.29 is 9.21 Å². The number of likely N-dealkylation sites (tertiary alicyclic amines) is 1. The minimum absolute atomic E-state index is 0.00431. The van der Waals surface area contributed by atoms with Crippen LogP contribution in [-0.4, -0.2) is 28.9 Å². The molecule has 4 heteroatoms. The molecule has 1 aliphatic heterocycles. The Morgan fingerprint density at radius 3 is 3.00 bits per heavy atom. The predicted octanol–water partition coefficient (Wildman–Crippen LogP) is 2.30. The normalized spacial score (nSPS) is 19.1. The second-order valence-corrected chi connectivity index (χ2v) is 4.47. The van der Waals surface area contributed by atoms with E-state index in [1.807, 2.05) is 29.2 Å². The molecule has 92 valence electrons. The lowest BCUT2D eigenvalue weighted by atomic mass is 10.1. The highest BCUT2D eigenvalue weighted by atomic mass is 16.3. The van der Waals surface area contributed by atoms with Gasteiger partial charge in [-0.3, -0.25) is 9.78 Å². The lowest BCUT2D eigenvalue weighted by Gasteiger charge is -2.15. The van der Waals surface area contributed by atoms with Crippen LogP contribution in [-0.2, 0) is 0 Å². The monoisotopic (exact) mass is 242 g/mol. The molecular formula is C14H14N2O2. The molecule has 0 bridgehead atoms. The second kappa shape index (κ2) is 4.64. The summed E-state index contributed by atoms with van der Waals surface area (Å²) < 4.78 is 5.40. The van der Waals surface area contributed by atoms with Crippen LogP contribution in [0.1, 0.15) is 28.6 Å². The van der Waals surface area contributed by atoms with Gasteiger partial charge < -0.3 is 9.32 Å². The topological polar surface area (TPSA) is 46.3 Å². The van der Waals surface area contributed by atoms with Crippen molar-refractivity contribution >= 4 is 5.91 Å². The third-order valence-corrected chi connectivity index (χ3v) is 3.31. The van der Waals surface area contributed by atoms with Gasteiger partial charge in [-0.05, 0) is 30.7 Å². The number of hydrogen-bond acceptors (Lipinski definition) is 3. The van der Waals surface area contributed by atoms with Crippen LogP contribution in [0.15, 0.2) is 47.2 Å². The Balaban J connectivity index is 1.71.